The molecular formula is C25H29F2N7O3S. The van der Waals surface area contributed by atoms with Gasteiger partial charge in [-0.2, -0.15) is 21.5 Å². The van der Waals surface area contributed by atoms with E-state index in [0.29, 0.717) is 48.8 Å². The van der Waals surface area contributed by atoms with Crippen LogP contribution >= 0.6 is 0 Å². The highest BCUT2D eigenvalue weighted by atomic mass is 32.2. The number of aromatic nitrogens is 4. The zero-order valence-electron chi connectivity index (χ0n) is 21.3. The lowest BCUT2D eigenvalue weighted by molar-refractivity contribution is 0.0920. The van der Waals surface area contributed by atoms with Crippen molar-refractivity contribution in [3.05, 3.63) is 66.4 Å². The summed E-state index contributed by atoms with van der Waals surface area (Å²) in [5.74, 6) is -0.800. The van der Waals surface area contributed by atoms with Gasteiger partial charge in [-0.3, -0.25) is 9.21 Å². The molecule has 202 valence electrons. The molecule has 5 rings (SSSR count). The quantitative estimate of drug-likeness (QED) is 0.346. The van der Waals surface area contributed by atoms with Crippen LogP contribution in [0.3, 0.4) is 0 Å². The van der Waals surface area contributed by atoms with Crippen LogP contribution < -0.4 is 4.31 Å². The molecule has 3 aromatic heterocycles. The fourth-order valence-electron chi connectivity index (χ4n) is 4.46. The molecule has 0 N–H and O–H groups in total. The smallest absolute Gasteiger partial charge is 0.314 e. The lowest BCUT2D eigenvalue weighted by Gasteiger charge is -2.42. The van der Waals surface area contributed by atoms with Crippen LogP contribution in [-0.4, -0.2) is 68.9 Å². The third-order valence-electron chi connectivity index (χ3n) is 6.53. The van der Waals surface area contributed by atoms with E-state index in [-0.39, 0.29) is 18.0 Å². The Kier molecular flexibility index (Phi) is 6.92. The molecule has 13 heteroatoms. The van der Waals surface area contributed by atoms with Crippen LogP contribution in [0.25, 0.3) is 17.1 Å². The number of pyridine rings is 1. The molecule has 1 saturated heterocycles. The highest BCUT2D eigenvalue weighted by Crippen LogP contribution is 2.27. The van der Waals surface area contributed by atoms with E-state index in [2.05, 4.69) is 40.9 Å². The van der Waals surface area contributed by atoms with E-state index in [9.17, 15) is 17.2 Å². The molecule has 0 unspecified atom stereocenters. The van der Waals surface area contributed by atoms with Gasteiger partial charge in [-0.25, -0.2) is 4.98 Å². The predicted octanol–water partition coefficient (Wildman–Crippen LogP) is 3.99. The first-order valence-corrected chi connectivity index (χ1v) is 13.6. The van der Waals surface area contributed by atoms with Crippen LogP contribution in [0.15, 0.2) is 59.3 Å². The van der Waals surface area contributed by atoms with Gasteiger partial charge in [0.1, 0.15) is 5.65 Å². The van der Waals surface area contributed by atoms with Gasteiger partial charge in [0, 0.05) is 49.7 Å². The molecule has 0 saturated carbocycles. The second-order valence-electron chi connectivity index (χ2n) is 10.1. The minimum absolute atomic E-state index is 0.0128. The summed E-state index contributed by atoms with van der Waals surface area (Å²) in [6, 6.07) is 12.2. The van der Waals surface area contributed by atoms with Crippen molar-refractivity contribution in [3.63, 3.8) is 0 Å². The molecule has 1 fully saturated rings. The van der Waals surface area contributed by atoms with Gasteiger partial charge in [-0.1, -0.05) is 18.2 Å². The molecule has 4 heterocycles. The molecular weight excluding hydrogens is 516 g/mol. The first-order chi connectivity index (χ1) is 18.0. The van der Waals surface area contributed by atoms with E-state index < -0.39 is 22.5 Å². The third-order valence-corrected chi connectivity index (χ3v) is 8.44. The van der Waals surface area contributed by atoms with E-state index in [4.69, 9.17) is 4.42 Å². The molecule has 0 radical (unpaired) electrons. The largest absolute Gasteiger partial charge is 0.415 e. The summed E-state index contributed by atoms with van der Waals surface area (Å²) >= 11 is 0. The summed E-state index contributed by atoms with van der Waals surface area (Å²) < 4.78 is 63.1. The summed E-state index contributed by atoms with van der Waals surface area (Å²) in [6.45, 7) is 8.45. The Hall–Kier alpha value is -3.42. The Balaban J connectivity index is 1.42. The minimum Gasteiger partial charge on any atom is -0.415 e. The first kappa shape index (κ1) is 26.2. The maximum atomic E-state index is 13.9. The van der Waals surface area contributed by atoms with E-state index in [1.807, 2.05) is 6.07 Å². The average molecular weight is 546 g/mol. The van der Waals surface area contributed by atoms with Crippen molar-refractivity contribution in [1.82, 2.24) is 28.8 Å². The van der Waals surface area contributed by atoms with Crippen LogP contribution in [-0.2, 0) is 16.8 Å². The van der Waals surface area contributed by atoms with Crippen LogP contribution in [0.2, 0.25) is 0 Å². The Morgan fingerprint density at radius 1 is 1.05 bits per heavy atom. The maximum Gasteiger partial charge on any atom is 0.314 e. The van der Waals surface area contributed by atoms with Crippen molar-refractivity contribution in [2.75, 3.05) is 30.5 Å². The number of hydrogen-bond acceptors (Lipinski definition) is 7. The van der Waals surface area contributed by atoms with Gasteiger partial charge < -0.3 is 8.82 Å². The number of alkyl halides is 2. The Bertz CT molecular complexity index is 1510. The van der Waals surface area contributed by atoms with E-state index in [0.717, 1.165) is 0 Å². The van der Waals surface area contributed by atoms with Gasteiger partial charge in [0.25, 0.3) is 5.89 Å². The summed E-state index contributed by atoms with van der Waals surface area (Å²) in [4.78, 5) is 6.88. The summed E-state index contributed by atoms with van der Waals surface area (Å²) in [5, 5.41) is 7.05. The molecule has 10 nitrogen and oxygen atoms in total. The lowest BCUT2D eigenvalue weighted by Crippen LogP contribution is -2.57. The lowest BCUT2D eigenvalue weighted by atomic mass is 10.1. The van der Waals surface area contributed by atoms with Crippen molar-refractivity contribution in [2.24, 2.45) is 0 Å². The summed E-state index contributed by atoms with van der Waals surface area (Å²) in [6.07, 6.45) is 0.557. The van der Waals surface area contributed by atoms with Gasteiger partial charge in [0.05, 0.1) is 17.9 Å². The second-order valence-corrected chi connectivity index (χ2v) is 11.9. The highest BCUT2D eigenvalue weighted by molar-refractivity contribution is 7.90. The summed E-state index contributed by atoms with van der Waals surface area (Å²) in [5.41, 5.74) is 1.93. The Labute approximate surface area is 219 Å². The van der Waals surface area contributed by atoms with E-state index in [1.54, 1.807) is 53.2 Å². The number of halogens is 2. The van der Waals surface area contributed by atoms with E-state index in [1.165, 1.54) is 8.61 Å². The normalized spacial score (nSPS) is 15.9. The van der Waals surface area contributed by atoms with Crippen LogP contribution in [0.1, 0.15) is 38.8 Å². The molecule has 0 amide bonds. The molecule has 0 atom stereocenters. The Morgan fingerprint density at radius 3 is 2.39 bits per heavy atom. The first-order valence-electron chi connectivity index (χ1n) is 12.2. The molecule has 1 aliphatic rings. The third kappa shape index (κ3) is 5.26. The number of imidazole rings is 1. The number of benzene rings is 1. The van der Waals surface area contributed by atoms with Gasteiger partial charge in [0.15, 0.2) is 0 Å². The zero-order chi connectivity index (χ0) is 27.1. The monoisotopic (exact) mass is 545 g/mol. The van der Waals surface area contributed by atoms with Crippen LogP contribution in [0.5, 0.6) is 0 Å². The number of anilines is 1. The SMILES string of the molecule is CC(C)(C)N1CCN(S(=O)(=O)N(Cc2cn3ccc(-c4nnc(C(F)F)o4)cc3n2)c2ccccc2)CC1. The standard InChI is InChI=1S/C25H29F2N7O3S/c1-25(2,3)32-11-13-33(14-12-32)38(35,36)34(20-7-5-4-6-8-20)17-19-16-31-10-9-18(15-21(31)28-19)23-29-30-24(37-23)22(26)27/h4-10,15-16,22H,11-14,17H2,1-3H3. The number of para-hydroxylation sites is 1. The topological polar surface area (TPSA) is 100 Å². The molecule has 38 heavy (non-hydrogen) atoms. The van der Waals surface area contributed by atoms with Crippen LogP contribution in [0, 0.1) is 0 Å². The van der Waals surface area contributed by atoms with Crippen molar-refractivity contribution in [1.29, 1.82) is 0 Å². The number of nitrogens with zero attached hydrogens (tertiary/aromatic N) is 7. The Morgan fingerprint density at radius 2 is 1.76 bits per heavy atom. The highest BCUT2D eigenvalue weighted by Gasteiger charge is 2.35. The van der Waals surface area contributed by atoms with Crippen molar-refractivity contribution >= 4 is 21.5 Å². The number of piperazine rings is 1. The minimum atomic E-state index is -3.85. The summed E-state index contributed by atoms with van der Waals surface area (Å²) in [7, 11) is -3.85. The number of rotatable bonds is 7. The second kappa shape index (κ2) is 10.0. The number of fused-ring (bicyclic) bond motifs is 1. The van der Waals surface area contributed by atoms with Crippen molar-refractivity contribution in [2.45, 2.75) is 39.3 Å². The molecule has 4 aromatic rings. The van der Waals surface area contributed by atoms with Gasteiger partial charge in [-0.05, 0) is 45.0 Å². The molecule has 1 aromatic carbocycles. The van der Waals surface area contributed by atoms with Crippen LogP contribution in [0.4, 0.5) is 14.5 Å². The number of hydrogen-bond donors (Lipinski definition) is 0. The zero-order valence-corrected chi connectivity index (χ0v) is 22.1. The van der Waals surface area contributed by atoms with Gasteiger partial charge in [0.2, 0.25) is 5.89 Å². The van der Waals surface area contributed by atoms with E-state index >= 15 is 0 Å². The fraction of sp³-hybridized carbons (Fsp3) is 0.400. The van der Waals surface area contributed by atoms with Gasteiger partial charge >= 0.3 is 16.6 Å². The predicted molar refractivity (Wildman–Crippen MR) is 138 cm³/mol. The molecule has 0 bridgehead atoms. The maximum absolute atomic E-state index is 13.9. The average Bonchev–Trinajstić information content (AvgIpc) is 3.54. The molecule has 0 aliphatic carbocycles. The fourth-order valence-corrected chi connectivity index (χ4v) is 6.05. The molecule has 0 spiro atoms. The van der Waals surface area contributed by atoms with Crippen molar-refractivity contribution < 1.29 is 21.6 Å². The van der Waals surface area contributed by atoms with Crippen molar-refractivity contribution in [3.8, 4) is 11.5 Å². The molecule has 1 aliphatic heterocycles. The van der Waals surface area contributed by atoms with Gasteiger partial charge in [-0.15, -0.1) is 10.2 Å².